The quantitative estimate of drug-likeness (QED) is 0.767. The fourth-order valence-corrected chi connectivity index (χ4v) is 2.29. The van der Waals surface area contributed by atoms with Gasteiger partial charge < -0.3 is 5.11 Å². The first-order valence-electron chi connectivity index (χ1n) is 6.75. The fourth-order valence-electron chi connectivity index (χ4n) is 2.29. The summed E-state index contributed by atoms with van der Waals surface area (Å²) >= 11 is 0. The van der Waals surface area contributed by atoms with Crippen LogP contribution in [-0.4, -0.2) is 35.1 Å². The highest BCUT2D eigenvalue weighted by Crippen LogP contribution is 2.27. The molecule has 0 saturated heterocycles. The van der Waals surface area contributed by atoms with Crippen LogP contribution < -0.4 is 0 Å². The first-order valence-corrected chi connectivity index (χ1v) is 6.75. The lowest BCUT2D eigenvalue weighted by molar-refractivity contribution is -0.137. The second-order valence-corrected chi connectivity index (χ2v) is 5.00. The third kappa shape index (κ3) is 4.49. The Kier molecular flexibility index (Phi) is 4.76. The lowest BCUT2D eigenvalue weighted by Gasteiger charge is -2.20. The number of hydrogen-bond acceptors (Lipinski definition) is 2. The predicted octanol–water partition coefficient (Wildman–Crippen LogP) is 2.56. The maximum atomic E-state index is 10.6. The molecule has 98 valence electrons. The zero-order chi connectivity index (χ0) is 12.8. The second kappa shape index (κ2) is 6.55. The first-order chi connectivity index (χ1) is 8.75. The van der Waals surface area contributed by atoms with Crippen molar-refractivity contribution in [1.29, 1.82) is 0 Å². The number of carboxylic acid groups (broad SMARTS) is 1. The highest BCUT2D eigenvalue weighted by Gasteiger charge is 2.28. The van der Waals surface area contributed by atoms with E-state index in [9.17, 15) is 4.79 Å². The average molecular weight is 247 g/mol. The Morgan fingerprint density at radius 2 is 1.94 bits per heavy atom. The molecule has 0 atom stereocenters. The van der Waals surface area contributed by atoms with Gasteiger partial charge in [0.1, 0.15) is 0 Å². The van der Waals surface area contributed by atoms with Crippen LogP contribution in [0.15, 0.2) is 30.3 Å². The molecule has 1 N–H and O–H groups in total. The molecule has 0 unspecified atom stereocenters. The van der Waals surface area contributed by atoms with Gasteiger partial charge >= 0.3 is 5.97 Å². The van der Waals surface area contributed by atoms with Crippen LogP contribution in [0.4, 0.5) is 0 Å². The molecule has 0 heterocycles. The van der Waals surface area contributed by atoms with Gasteiger partial charge in [-0.05, 0) is 37.8 Å². The monoisotopic (exact) mass is 247 g/mol. The van der Waals surface area contributed by atoms with E-state index < -0.39 is 5.97 Å². The summed E-state index contributed by atoms with van der Waals surface area (Å²) < 4.78 is 0. The van der Waals surface area contributed by atoms with Gasteiger partial charge in [0.05, 0.1) is 6.42 Å². The molecule has 0 radical (unpaired) electrons. The van der Waals surface area contributed by atoms with Crippen molar-refractivity contribution in [1.82, 2.24) is 4.90 Å². The van der Waals surface area contributed by atoms with E-state index in [1.165, 1.54) is 18.4 Å². The third-order valence-electron chi connectivity index (χ3n) is 3.43. The van der Waals surface area contributed by atoms with E-state index in [-0.39, 0.29) is 6.42 Å². The Hall–Kier alpha value is -1.35. The van der Waals surface area contributed by atoms with Crippen LogP contribution >= 0.6 is 0 Å². The molecule has 2 rings (SSSR count). The number of hydrogen-bond donors (Lipinski definition) is 1. The molecule has 1 aliphatic rings. The number of aryl methyl sites for hydroxylation is 1. The highest BCUT2D eigenvalue weighted by atomic mass is 16.4. The number of benzene rings is 1. The molecule has 1 saturated carbocycles. The molecule has 3 nitrogen and oxygen atoms in total. The predicted molar refractivity (Wildman–Crippen MR) is 71.6 cm³/mol. The van der Waals surface area contributed by atoms with Crippen LogP contribution in [0.2, 0.25) is 0 Å². The molecule has 18 heavy (non-hydrogen) atoms. The van der Waals surface area contributed by atoms with E-state index in [0.29, 0.717) is 12.6 Å². The van der Waals surface area contributed by atoms with Gasteiger partial charge in [-0.1, -0.05) is 30.3 Å². The molecule has 1 aromatic rings. The van der Waals surface area contributed by atoms with Gasteiger partial charge in [0.25, 0.3) is 0 Å². The number of nitrogens with zero attached hydrogens (tertiary/aromatic N) is 1. The van der Waals surface area contributed by atoms with Crippen LogP contribution in [0.25, 0.3) is 0 Å². The van der Waals surface area contributed by atoms with Crippen LogP contribution in [0.1, 0.15) is 31.2 Å². The van der Waals surface area contributed by atoms with Gasteiger partial charge in [-0.2, -0.15) is 0 Å². The zero-order valence-corrected chi connectivity index (χ0v) is 10.7. The van der Waals surface area contributed by atoms with E-state index in [1.807, 2.05) is 6.07 Å². The number of rotatable bonds is 8. The van der Waals surface area contributed by atoms with Crippen molar-refractivity contribution in [3.05, 3.63) is 35.9 Å². The van der Waals surface area contributed by atoms with Crippen molar-refractivity contribution in [3.63, 3.8) is 0 Å². The zero-order valence-electron chi connectivity index (χ0n) is 10.7. The van der Waals surface area contributed by atoms with Gasteiger partial charge in [-0.3, -0.25) is 9.69 Å². The van der Waals surface area contributed by atoms with Crippen LogP contribution in [0.3, 0.4) is 0 Å². The lowest BCUT2D eigenvalue weighted by Crippen LogP contribution is -2.30. The van der Waals surface area contributed by atoms with Gasteiger partial charge in [-0.15, -0.1) is 0 Å². The summed E-state index contributed by atoms with van der Waals surface area (Å²) in [5, 5.41) is 8.74. The second-order valence-electron chi connectivity index (χ2n) is 5.00. The highest BCUT2D eigenvalue weighted by molar-refractivity contribution is 5.66. The molecule has 0 bridgehead atoms. The molecule has 1 aromatic carbocycles. The Balaban J connectivity index is 1.71. The standard InChI is InChI=1S/C15H21NO2/c17-15(18)10-12-16(14-8-9-14)11-4-7-13-5-2-1-3-6-13/h1-3,5-6,14H,4,7-12H2,(H,17,18). The van der Waals surface area contributed by atoms with Gasteiger partial charge in [0.15, 0.2) is 0 Å². The SMILES string of the molecule is O=C(O)CCN(CCCc1ccccc1)C1CC1. The van der Waals surface area contributed by atoms with Gasteiger partial charge in [-0.25, -0.2) is 0 Å². The summed E-state index contributed by atoms with van der Waals surface area (Å²) in [7, 11) is 0. The first kappa shape index (κ1) is 13.1. The Bertz CT molecular complexity index is 373. The van der Waals surface area contributed by atoms with E-state index in [0.717, 1.165) is 19.4 Å². The summed E-state index contributed by atoms with van der Waals surface area (Å²) in [4.78, 5) is 13.0. The molecule has 1 fully saturated rings. The summed E-state index contributed by atoms with van der Waals surface area (Å²) in [6.45, 7) is 1.72. The molecule has 3 heteroatoms. The third-order valence-corrected chi connectivity index (χ3v) is 3.43. The number of carbonyl (C=O) groups is 1. The number of aliphatic carboxylic acids is 1. The summed E-state index contributed by atoms with van der Waals surface area (Å²) in [6.07, 6.45) is 4.94. The molecule has 0 aliphatic heterocycles. The van der Waals surface area contributed by atoms with Crippen molar-refractivity contribution < 1.29 is 9.90 Å². The minimum absolute atomic E-state index is 0.266. The summed E-state index contributed by atoms with van der Waals surface area (Å²) in [6, 6.07) is 11.1. The Labute approximate surface area is 108 Å². The largest absolute Gasteiger partial charge is 0.481 e. The van der Waals surface area contributed by atoms with Crippen LogP contribution in [-0.2, 0) is 11.2 Å². The van der Waals surface area contributed by atoms with Crippen LogP contribution in [0.5, 0.6) is 0 Å². The Morgan fingerprint density at radius 3 is 2.56 bits per heavy atom. The van der Waals surface area contributed by atoms with Crippen molar-refractivity contribution in [2.24, 2.45) is 0 Å². The van der Waals surface area contributed by atoms with Crippen molar-refractivity contribution in [2.75, 3.05) is 13.1 Å². The minimum Gasteiger partial charge on any atom is -0.481 e. The maximum Gasteiger partial charge on any atom is 0.304 e. The van der Waals surface area contributed by atoms with Gasteiger partial charge in [0, 0.05) is 12.6 Å². The maximum absolute atomic E-state index is 10.6. The molecular formula is C15H21NO2. The van der Waals surface area contributed by atoms with E-state index in [1.54, 1.807) is 0 Å². The van der Waals surface area contributed by atoms with Crippen LogP contribution in [0, 0.1) is 0 Å². The normalized spacial score (nSPS) is 14.9. The van der Waals surface area contributed by atoms with Crippen molar-refractivity contribution in [3.8, 4) is 0 Å². The lowest BCUT2D eigenvalue weighted by atomic mass is 10.1. The fraction of sp³-hybridized carbons (Fsp3) is 0.533. The number of carboxylic acids is 1. The van der Waals surface area contributed by atoms with Crippen molar-refractivity contribution in [2.45, 2.75) is 38.1 Å². The van der Waals surface area contributed by atoms with E-state index in [4.69, 9.17) is 5.11 Å². The minimum atomic E-state index is -0.691. The topological polar surface area (TPSA) is 40.5 Å². The van der Waals surface area contributed by atoms with Crippen molar-refractivity contribution >= 4 is 5.97 Å². The summed E-state index contributed by atoms with van der Waals surface area (Å²) in [5.74, 6) is -0.691. The molecule has 0 aromatic heterocycles. The molecule has 1 aliphatic carbocycles. The van der Waals surface area contributed by atoms with E-state index in [2.05, 4.69) is 29.2 Å². The Morgan fingerprint density at radius 1 is 1.22 bits per heavy atom. The molecular weight excluding hydrogens is 226 g/mol. The smallest absolute Gasteiger partial charge is 0.304 e. The van der Waals surface area contributed by atoms with E-state index >= 15 is 0 Å². The average Bonchev–Trinajstić information content (AvgIpc) is 3.19. The molecule has 0 amide bonds. The summed E-state index contributed by atoms with van der Waals surface area (Å²) in [5.41, 5.74) is 1.37. The van der Waals surface area contributed by atoms with Gasteiger partial charge in [0.2, 0.25) is 0 Å². The molecule has 0 spiro atoms.